The predicted molar refractivity (Wildman–Crippen MR) is 66.2 cm³/mol. The maximum atomic E-state index is 10.8. The highest BCUT2D eigenvalue weighted by Gasteiger charge is 2.11. The molecule has 0 radical (unpaired) electrons. The summed E-state index contributed by atoms with van der Waals surface area (Å²) in [4.78, 5) is 10.4. The van der Waals surface area contributed by atoms with Crippen LogP contribution in [0.1, 0.15) is 11.4 Å². The zero-order valence-corrected chi connectivity index (χ0v) is 10.1. The van der Waals surface area contributed by atoms with Crippen LogP contribution in [0.2, 0.25) is 0 Å². The minimum atomic E-state index is -0.386. The molecule has 0 fully saturated rings. The van der Waals surface area contributed by atoms with Crippen molar-refractivity contribution in [2.45, 2.75) is 13.5 Å². The second-order valence-electron chi connectivity index (χ2n) is 3.97. The van der Waals surface area contributed by atoms with Gasteiger partial charge in [-0.2, -0.15) is 0 Å². The Balaban J connectivity index is 2.13. The Bertz CT molecular complexity index is 579. The Morgan fingerprint density at radius 1 is 1.50 bits per heavy atom. The largest absolute Gasteiger partial charge is 0.378 e. The van der Waals surface area contributed by atoms with E-state index in [1.54, 1.807) is 30.0 Å². The number of aromatic nitrogens is 3. The fraction of sp³-hybridized carbons (Fsp3) is 0.273. The maximum absolute atomic E-state index is 10.8. The van der Waals surface area contributed by atoms with Crippen molar-refractivity contribution in [1.82, 2.24) is 14.8 Å². The number of nitro benzene ring substituents is 1. The van der Waals surface area contributed by atoms with Gasteiger partial charge in [0.05, 0.1) is 11.5 Å². The zero-order valence-electron chi connectivity index (χ0n) is 10.1. The van der Waals surface area contributed by atoms with Crippen LogP contribution in [0.3, 0.4) is 0 Å². The van der Waals surface area contributed by atoms with Gasteiger partial charge in [0.25, 0.3) is 5.69 Å². The second-order valence-corrected chi connectivity index (χ2v) is 3.97. The van der Waals surface area contributed by atoms with Crippen LogP contribution in [0.15, 0.2) is 24.5 Å². The van der Waals surface area contributed by atoms with E-state index in [2.05, 4.69) is 15.5 Å². The van der Waals surface area contributed by atoms with Crippen molar-refractivity contribution < 1.29 is 4.92 Å². The molecule has 1 aromatic carbocycles. The number of benzene rings is 1. The summed E-state index contributed by atoms with van der Waals surface area (Å²) in [6, 6.07) is 5.04. The lowest BCUT2D eigenvalue weighted by molar-refractivity contribution is -0.385. The van der Waals surface area contributed by atoms with Crippen LogP contribution in [0, 0.1) is 17.0 Å². The number of nitro groups is 1. The molecule has 0 saturated heterocycles. The Morgan fingerprint density at radius 3 is 2.89 bits per heavy atom. The van der Waals surface area contributed by atoms with Crippen LogP contribution in [-0.2, 0) is 13.6 Å². The standard InChI is InChI=1S/C11H13N5O2/c1-8-3-4-9(5-10(8)16(17)18)12-6-11-14-13-7-15(11)2/h3-5,7,12H,6H2,1-2H3. The van der Waals surface area contributed by atoms with Gasteiger partial charge >= 0.3 is 0 Å². The van der Waals surface area contributed by atoms with Gasteiger partial charge in [0.2, 0.25) is 0 Å². The van der Waals surface area contributed by atoms with Crippen molar-refractivity contribution in [2.24, 2.45) is 7.05 Å². The Hall–Kier alpha value is -2.44. The number of anilines is 1. The molecule has 7 nitrogen and oxygen atoms in total. The molecule has 1 N–H and O–H groups in total. The van der Waals surface area contributed by atoms with E-state index in [4.69, 9.17) is 0 Å². The smallest absolute Gasteiger partial charge is 0.274 e. The molecule has 0 aliphatic carbocycles. The highest BCUT2D eigenvalue weighted by Crippen LogP contribution is 2.22. The van der Waals surface area contributed by atoms with Crippen molar-refractivity contribution in [1.29, 1.82) is 0 Å². The lowest BCUT2D eigenvalue weighted by atomic mass is 10.2. The molecular formula is C11H13N5O2. The topological polar surface area (TPSA) is 85.9 Å². The van der Waals surface area contributed by atoms with Crippen molar-refractivity contribution in [3.8, 4) is 0 Å². The van der Waals surface area contributed by atoms with E-state index in [1.165, 1.54) is 6.07 Å². The van der Waals surface area contributed by atoms with E-state index in [0.717, 1.165) is 5.82 Å². The van der Waals surface area contributed by atoms with Crippen LogP contribution < -0.4 is 5.32 Å². The molecule has 7 heteroatoms. The average molecular weight is 247 g/mol. The van der Waals surface area contributed by atoms with Crippen molar-refractivity contribution >= 4 is 11.4 Å². The minimum absolute atomic E-state index is 0.109. The summed E-state index contributed by atoms with van der Waals surface area (Å²) in [5, 5.41) is 21.6. The number of hydrogen-bond donors (Lipinski definition) is 1. The summed E-state index contributed by atoms with van der Waals surface area (Å²) in [5.41, 5.74) is 1.44. The van der Waals surface area contributed by atoms with Crippen molar-refractivity contribution in [3.63, 3.8) is 0 Å². The van der Waals surface area contributed by atoms with Crippen LogP contribution in [0.25, 0.3) is 0 Å². The quantitative estimate of drug-likeness (QED) is 0.655. The molecule has 0 spiro atoms. The molecule has 1 aromatic heterocycles. The fourth-order valence-electron chi connectivity index (χ4n) is 1.56. The summed E-state index contributed by atoms with van der Waals surface area (Å²) >= 11 is 0. The lowest BCUT2D eigenvalue weighted by Gasteiger charge is -2.06. The molecule has 0 amide bonds. The van der Waals surface area contributed by atoms with Gasteiger partial charge in [0.15, 0.2) is 5.82 Å². The van der Waals surface area contributed by atoms with Gasteiger partial charge in [-0.25, -0.2) is 0 Å². The van der Waals surface area contributed by atoms with Gasteiger partial charge in [0.1, 0.15) is 6.33 Å². The number of rotatable bonds is 4. The zero-order chi connectivity index (χ0) is 13.1. The second kappa shape index (κ2) is 4.82. The number of aryl methyl sites for hydroxylation is 2. The molecule has 0 aliphatic heterocycles. The third-order valence-electron chi connectivity index (χ3n) is 2.66. The third-order valence-corrected chi connectivity index (χ3v) is 2.66. The lowest BCUT2D eigenvalue weighted by Crippen LogP contribution is -2.06. The van der Waals surface area contributed by atoms with E-state index >= 15 is 0 Å². The van der Waals surface area contributed by atoms with Crippen molar-refractivity contribution in [2.75, 3.05) is 5.32 Å². The molecule has 94 valence electrons. The third kappa shape index (κ3) is 2.45. The van der Waals surface area contributed by atoms with Crippen LogP contribution in [0.4, 0.5) is 11.4 Å². The molecule has 0 aliphatic rings. The van der Waals surface area contributed by atoms with E-state index in [1.807, 2.05) is 7.05 Å². The summed E-state index contributed by atoms with van der Waals surface area (Å²) in [5.74, 6) is 0.762. The minimum Gasteiger partial charge on any atom is -0.378 e. The summed E-state index contributed by atoms with van der Waals surface area (Å²) in [6.07, 6.45) is 1.61. The Labute approximate surface area is 104 Å². The van der Waals surface area contributed by atoms with Gasteiger partial charge in [-0.15, -0.1) is 10.2 Å². The summed E-state index contributed by atoms with van der Waals surface area (Å²) in [7, 11) is 1.84. The van der Waals surface area contributed by atoms with Gasteiger partial charge in [-0.3, -0.25) is 10.1 Å². The van der Waals surface area contributed by atoms with E-state index in [9.17, 15) is 10.1 Å². The molecule has 1 heterocycles. The normalized spacial score (nSPS) is 10.3. The van der Waals surface area contributed by atoms with Gasteiger partial charge in [-0.1, -0.05) is 6.07 Å². The first-order valence-corrected chi connectivity index (χ1v) is 5.39. The highest BCUT2D eigenvalue weighted by atomic mass is 16.6. The summed E-state index contributed by atoms with van der Waals surface area (Å²) < 4.78 is 1.79. The predicted octanol–water partition coefficient (Wildman–Crippen LogP) is 1.64. The van der Waals surface area contributed by atoms with E-state index in [0.29, 0.717) is 17.8 Å². The molecular weight excluding hydrogens is 234 g/mol. The fourth-order valence-corrected chi connectivity index (χ4v) is 1.56. The van der Waals surface area contributed by atoms with E-state index in [-0.39, 0.29) is 10.6 Å². The van der Waals surface area contributed by atoms with Crippen LogP contribution in [-0.4, -0.2) is 19.7 Å². The SMILES string of the molecule is Cc1ccc(NCc2nncn2C)cc1[N+](=O)[O-]. The highest BCUT2D eigenvalue weighted by molar-refractivity contribution is 5.54. The number of nitrogens with zero attached hydrogens (tertiary/aromatic N) is 4. The van der Waals surface area contributed by atoms with Crippen LogP contribution >= 0.6 is 0 Å². The van der Waals surface area contributed by atoms with Gasteiger partial charge < -0.3 is 9.88 Å². The average Bonchev–Trinajstić information content (AvgIpc) is 2.73. The van der Waals surface area contributed by atoms with Crippen LogP contribution in [0.5, 0.6) is 0 Å². The first-order valence-electron chi connectivity index (χ1n) is 5.39. The first-order chi connectivity index (χ1) is 8.58. The van der Waals surface area contributed by atoms with Gasteiger partial charge in [0, 0.05) is 24.4 Å². The van der Waals surface area contributed by atoms with E-state index < -0.39 is 0 Å². The molecule has 18 heavy (non-hydrogen) atoms. The molecule has 0 atom stereocenters. The monoisotopic (exact) mass is 247 g/mol. The molecule has 2 aromatic rings. The molecule has 0 bridgehead atoms. The number of nitrogens with one attached hydrogen (secondary N) is 1. The molecule has 0 saturated carbocycles. The van der Waals surface area contributed by atoms with Gasteiger partial charge in [-0.05, 0) is 13.0 Å². The summed E-state index contributed by atoms with van der Waals surface area (Å²) in [6.45, 7) is 2.18. The Kier molecular flexibility index (Phi) is 3.22. The number of hydrogen-bond acceptors (Lipinski definition) is 5. The first kappa shape index (κ1) is 12.0. The molecule has 2 rings (SSSR count). The Morgan fingerprint density at radius 2 is 2.28 bits per heavy atom. The maximum Gasteiger partial charge on any atom is 0.274 e. The van der Waals surface area contributed by atoms with Crippen molar-refractivity contribution in [3.05, 3.63) is 46.0 Å². The molecule has 0 unspecified atom stereocenters.